The summed E-state index contributed by atoms with van der Waals surface area (Å²) in [5.74, 6) is -0.337. The average molecular weight is 342 g/mol. The molecule has 0 spiro atoms. The molecule has 0 amide bonds. The highest BCUT2D eigenvalue weighted by molar-refractivity contribution is 7.80. The van der Waals surface area contributed by atoms with Crippen LogP contribution in [0.3, 0.4) is 0 Å². The van der Waals surface area contributed by atoms with E-state index in [4.69, 9.17) is 12.2 Å². The number of aryl methyl sites for hydroxylation is 1. The number of aromatic nitrogens is 1. The molecule has 122 valence electrons. The van der Waals surface area contributed by atoms with E-state index in [0.717, 1.165) is 22.0 Å². The Kier molecular flexibility index (Phi) is 4.52. The van der Waals surface area contributed by atoms with Crippen LogP contribution in [0, 0.1) is 12.7 Å². The third-order valence-corrected chi connectivity index (χ3v) is 3.82. The van der Waals surface area contributed by atoms with Crippen molar-refractivity contribution >= 4 is 33.9 Å². The maximum absolute atomic E-state index is 12.9. The van der Waals surface area contributed by atoms with Crippen LogP contribution in [0.1, 0.15) is 11.1 Å². The number of H-pyrrole nitrogens is 1. The summed E-state index contributed by atoms with van der Waals surface area (Å²) in [4.78, 5) is 2.88. The third-order valence-electron chi connectivity index (χ3n) is 3.59. The number of nitrogens with zero attached hydrogens (tertiary/aromatic N) is 2. The van der Waals surface area contributed by atoms with Crippen LogP contribution in [0.15, 0.2) is 52.7 Å². The van der Waals surface area contributed by atoms with E-state index < -0.39 is 0 Å². The minimum atomic E-state index is -0.286. The Morgan fingerprint density at radius 2 is 2.00 bits per heavy atom. The van der Waals surface area contributed by atoms with E-state index in [2.05, 4.69) is 20.5 Å². The molecule has 7 heteroatoms. The molecule has 0 aliphatic carbocycles. The number of aromatic amines is 1. The summed E-state index contributed by atoms with van der Waals surface area (Å²) in [6, 6.07) is 11.8. The molecular formula is C17H15FN4OS. The fourth-order valence-corrected chi connectivity index (χ4v) is 2.46. The van der Waals surface area contributed by atoms with Gasteiger partial charge in [0.15, 0.2) is 5.69 Å². The van der Waals surface area contributed by atoms with Crippen LogP contribution in [0.2, 0.25) is 0 Å². The Labute approximate surface area is 143 Å². The van der Waals surface area contributed by atoms with E-state index in [9.17, 15) is 9.50 Å². The van der Waals surface area contributed by atoms with E-state index in [1.807, 2.05) is 25.1 Å². The van der Waals surface area contributed by atoms with Gasteiger partial charge in [0.05, 0.1) is 5.52 Å². The molecule has 24 heavy (non-hydrogen) atoms. The van der Waals surface area contributed by atoms with Crippen LogP contribution in [0.5, 0.6) is 5.88 Å². The van der Waals surface area contributed by atoms with Gasteiger partial charge in [0, 0.05) is 11.9 Å². The third kappa shape index (κ3) is 3.41. The van der Waals surface area contributed by atoms with Gasteiger partial charge >= 0.3 is 0 Å². The summed E-state index contributed by atoms with van der Waals surface area (Å²) in [7, 11) is 0. The van der Waals surface area contributed by atoms with Gasteiger partial charge in [-0.1, -0.05) is 30.3 Å². The lowest BCUT2D eigenvalue weighted by Crippen LogP contribution is -2.18. The van der Waals surface area contributed by atoms with Crippen LogP contribution < -0.4 is 5.32 Å². The van der Waals surface area contributed by atoms with Crippen molar-refractivity contribution in [2.45, 2.75) is 13.5 Å². The lowest BCUT2D eigenvalue weighted by molar-refractivity contribution is 0.459. The molecule has 0 bridgehead atoms. The fourth-order valence-electron chi connectivity index (χ4n) is 2.35. The second-order valence-electron chi connectivity index (χ2n) is 5.30. The number of halogens is 1. The van der Waals surface area contributed by atoms with Gasteiger partial charge in [0.25, 0.3) is 0 Å². The SMILES string of the molecule is Cc1cccc2c(N=NC(=S)NCc3ccc(F)cc3)c(O)[nH]c12. The lowest BCUT2D eigenvalue weighted by atomic mass is 10.1. The number of hydrogen-bond acceptors (Lipinski definition) is 3. The Balaban J connectivity index is 1.71. The topological polar surface area (TPSA) is 72.8 Å². The van der Waals surface area contributed by atoms with Crippen molar-refractivity contribution in [1.29, 1.82) is 0 Å². The van der Waals surface area contributed by atoms with Crippen LogP contribution >= 0.6 is 12.2 Å². The zero-order chi connectivity index (χ0) is 17.1. The number of benzene rings is 2. The molecule has 5 nitrogen and oxygen atoms in total. The number of aromatic hydroxyl groups is 1. The average Bonchev–Trinajstić information content (AvgIpc) is 2.89. The number of para-hydroxylation sites is 1. The molecule has 2 aromatic carbocycles. The Bertz CT molecular complexity index is 918. The number of azo groups is 1. The molecule has 1 aromatic heterocycles. The maximum Gasteiger partial charge on any atom is 0.218 e. The molecule has 1 heterocycles. The normalized spacial score (nSPS) is 11.2. The van der Waals surface area contributed by atoms with Crippen molar-refractivity contribution in [2.24, 2.45) is 10.2 Å². The van der Waals surface area contributed by atoms with E-state index in [1.165, 1.54) is 12.1 Å². The highest BCUT2D eigenvalue weighted by atomic mass is 32.1. The molecule has 3 rings (SSSR count). The van der Waals surface area contributed by atoms with Crippen molar-refractivity contribution in [3.63, 3.8) is 0 Å². The van der Waals surface area contributed by atoms with Crippen molar-refractivity contribution in [3.8, 4) is 5.88 Å². The molecule has 0 saturated heterocycles. The summed E-state index contributed by atoms with van der Waals surface area (Å²) < 4.78 is 12.9. The summed E-state index contributed by atoms with van der Waals surface area (Å²) in [6.07, 6.45) is 0. The number of hydrogen-bond donors (Lipinski definition) is 3. The van der Waals surface area contributed by atoms with Crippen LogP contribution in [0.4, 0.5) is 10.1 Å². The largest absolute Gasteiger partial charge is 0.493 e. The second-order valence-corrected chi connectivity index (χ2v) is 5.69. The van der Waals surface area contributed by atoms with Gasteiger partial charge in [-0.3, -0.25) is 0 Å². The Hall–Kier alpha value is -2.80. The lowest BCUT2D eigenvalue weighted by Gasteiger charge is -2.03. The number of fused-ring (bicyclic) bond motifs is 1. The van der Waals surface area contributed by atoms with Crippen molar-refractivity contribution in [3.05, 3.63) is 59.4 Å². The van der Waals surface area contributed by atoms with Crippen molar-refractivity contribution in [1.82, 2.24) is 10.3 Å². The summed E-state index contributed by atoms with van der Waals surface area (Å²) >= 11 is 5.11. The smallest absolute Gasteiger partial charge is 0.218 e. The van der Waals surface area contributed by atoms with Gasteiger partial charge in [-0.2, -0.15) is 0 Å². The van der Waals surface area contributed by atoms with E-state index in [1.54, 1.807) is 12.1 Å². The highest BCUT2D eigenvalue weighted by Gasteiger charge is 2.11. The second kappa shape index (κ2) is 6.76. The molecule has 0 aliphatic heterocycles. The molecule has 3 N–H and O–H groups in total. The van der Waals surface area contributed by atoms with Gasteiger partial charge < -0.3 is 15.4 Å². The van der Waals surface area contributed by atoms with Gasteiger partial charge in [-0.15, -0.1) is 10.2 Å². The first-order chi connectivity index (χ1) is 11.5. The van der Waals surface area contributed by atoms with Crippen molar-refractivity contribution in [2.75, 3.05) is 0 Å². The van der Waals surface area contributed by atoms with Crippen LogP contribution in [-0.4, -0.2) is 15.2 Å². The molecule has 0 aliphatic rings. The summed E-state index contributed by atoms with van der Waals surface area (Å²) in [5, 5.41) is 21.8. The minimum Gasteiger partial charge on any atom is -0.493 e. The standard InChI is InChI=1S/C17H15FN4OS/c1-10-3-2-4-13-14(10)20-16(23)15(13)21-22-17(24)19-9-11-5-7-12(18)8-6-11/h2-8,20,23H,9H2,1H3,(H,19,24). The first-order valence-electron chi connectivity index (χ1n) is 7.29. The molecular weight excluding hydrogens is 327 g/mol. The van der Waals surface area contributed by atoms with Gasteiger partial charge in [-0.05, 0) is 42.4 Å². The van der Waals surface area contributed by atoms with E-state index in [0.29, 0.717) is 12.2 Å². The fraction of sp³-hybridized carbons (Fsp3) is 0.118. The van der Waals surface area contributed by atoms with Crippen LogP contribution in [0.25, 0.3) is 10.9 Å². The molecule has 0 atom stereocenters. The predicted molar refractivity (Wildman–Crippen MR) is 95.1 cm³/mol. The number of thiocarbonyl (C=S) groups is 1. The molecule has 0 fully saturated rings. The minimum absolute atomic E-state index is 0.0515. The Morgan fingerprint density at radius 1 is 1.25 bits per heavy atom. The van der Waals surface area contributed by atoms with Crippen molar-refractivity contribution < 1.29 is 9.50 Å². The highest BCUT2D eigenvalue weighted by Crippen LogP contribution is 2.36. The van der Waals surface area contributed by atoms with Gasteiger partial charge in [0.2, 0.25) is 11.0 Å². The van der Waals surface area contributed by atoms with Gasteiger partial charge in [0.1, 0.15) is 5.82 Å². The van der Waals surface area contributed by atoms with E-state index >= 15 is 0 Å². The first-order valence-corrected chi connectivity index (χ1v) is 7.69. The quantitative estimate of drug-likeness (QED) is 0.485. The zero-order valence-corrected chi connectivity index (χ0v) is 13.7. The zero-order valence-electron chi connectivity index (χ0n) is 12.9. The number of nitrogens with one attached hydrogen (secondary N) is 2. The monoisotopic (exact) mass is 342 g/mol. The molecule has 0 saturated carbocycles. The van der Waals surface area contributed by atoms with Crippen LogP contribution in [-0.2, 0) is 6.54 Å². The maximum atomic E-state index is 12.9. The van der Waals surface area contributed by atoms with E-state index in [-0.39, 0.29) is 16.8 Å². The molecule has 3 aromatic rings. The number of rotatable bonds is 3. The Morgan fingerprint density at radius 3 is 2.75 bits per heavy atom. The first kappa shape index (κ1) is 16.1. The molecule has 0 unspecified atom stereocenters. The predicted octanol–water partition coefficient (Wildman–Crippen LogP) is 4.48. The van der Waals surface area contributed by atoms with Gasteiger partial charge in [-0.25, -0.2) is 4.39 Å². The summed E-state index contributed by atoms with van der Waals surface area (Å²) in [6.45, 7) is 2.35. The summed E-state index contributed by atoms with van der Waals surface area (Å²) in [5.41, 5.74) is 3.04. The molecule has 0 radical (unpaired) electrons.